The van der Waals surface area contributed by atoms with Crippen LogP contribution in [0.4, 0.5) is 0 Å². The summed E-state index contributed by atoms with van der Waals surface area (Å²) in [5.74, 6) is 0.365. The van der Waals surface area contributed by atoms with Crippen LogP contribution in [0, 0.1) is 6.92 Å². The summed E-state index contributed by atoms with van der Waals surface area (Å²) in [6.07, 6.45) is 1.67. The second-order valence-corrected chi connectivity index (χ2v) is 3.61. The largest absolute Gasteiger partial charge is 0.405 e. The van der Waals surface area contributed by atoms with E-state index in [1.54, 1.807) is 12.3 Å². The molecule has 2 rings (SSSR count). The highest BCUT2D eigenvalue weighted by atomic mass is 35.5. The summed E-state index contributed by atoms with van der Waals surface area (Å²) in [4.78, 5) is 15.1. The van der Waals surface area contributed by atoms with E-state index in [2.05, 4.69) is 19.9 Å². The van der Waals surface area contributed by atoms with Crippen LogP contribution >= 0.6 is 23.2 Å². The Bertz CT molecular complexity index is 483. The number of aryl methyl sites for hydroxylation is 1. The van der Waals surface area contributed by atoms with Crippen LogP contribution < -0.4 is 4.74 Å². The van der Waals surface area contributed by atoms with Gasteiger partial charge in [-0.15, -0.1) is 0 Å². The SMILES string of the molecule is Cc1ccc(Oc2nc(Cl)nc(Cl)n2)nc1. The molecule has 0 fully saturated rings. The maximum atomic E-state index is 5.59. The van der Waals surface area contributed by atoms with Gasteiger partial charge in [-0.05, 0) is 35.7 Å². The van der Waals surface area contributed by atoms with Crippen molar-refractivity contribution in [2.75, 3.05) is 0 Å². The van der Waals surface area contributed by atoms with Crippen LogP contribution in [0.2, 0.25) is 10.6 Å². The van der Waals surface area contributed by atoms with E-state index < -0.39 is 0 Å². The minimum absolute atomic E-state index is 0.0151. The summed E-state index contributed by atoms with van der Waals surface area (Å²) in [7, 11) is 0. The van der Waals surface area contributed by atoms with Crippen molar-refractivity contribution in [1.29, 1.82) is 0 Å². The highest BCUT2D eigenvalue weighted by Crippen LogP contribution is 2.17. The number of nitrogens with zero attached hydrogens (tertiary/aromatic N) is 4. The molecule has 0 aliphatic carbocycles. The molecular formula is C9H6Cl2N4O. The fourth-order valence-corrected chi connectivity index (χ4v) is 1.31. The lowest BCUT2D eigenvalue weighted by Gasteiger charge is -2.02. The highest BCUT2D eigenvalue weighted by molar-refractivity contribution is 6.31. The minimum atomic E-state index is -0.0258. The molecule has 0 bridgehead atoms. The quantitative estimate of drug-likeness (QED) is 0.827. The van der Waals surface area contributed by atoms with Crippen molar-refractivity contribution in [2.24, 2.45) is 0 Å². The van der Waals surface area contributed by atoms with Crippen molar-refractivity contribution in [3.05, 3.63) is 34.5 Å². The fraction of sp³-hybridized carbons (Fsp3) is 0.111. The Hall–Kier alpha value is -1.46. The number of ether oxygens (including phenoxy) is 1. The number of rotatable bonds is 2. The second kappa shape index (κ2) is 4.59. The number of halogens is 2. The van der Waals surface area contributed by atoms with E-state index in [1.807, 2.05) is 13.0 Å². The molecule has 16 heavy (non-hydrogen) atoms. The Kier molecular flexibility index (Phi) is 3.17. The highest BCUT2D eigenvalue weighted by Gasteiger charge is 2.05. The van der Waals surface area contributed by atoms with E-state index in [0.29, 0.717) is 5.88 Å². The number of pyridine rings is 1. The molecular weight excluding hydrogens is 251 g/mol. The summed E-state index contributed by atoms with van der Waals surface area (Å²) in [5, 5.41) is -0.0516. The normalized spacial score (nSPS) is 10.2. The summed E-state index contributed by atoms with van der Waals surface area (Å²) in [6, 6.07) is 3.56. The van der Waals surface area contributed by atoms with Crippen LogP contribution in [-0.4, -0.2) is 19.9 Å². The van der Waals surface area contributed by atoms with Crippen LogP contribution in [-0.2, 0) is 0 Å². The molecule has 0 spiro atoms. The first-order valence-corrected chi connectivity index (χ1v) is 5.06. The Balaban J connectivity index is 2.23. The molecule has 0 atom stereocenters. The van der Waals surface area contributed by atoms with Crippen molar-refractivity contribution in [1.82, 2.24) is 19.9 Å². The zero-order chi connectivity index (χ0) is 11.5. The molecule has 5 nitrogen and oxygen atoms in total. The lowest BCUT2D eigenvalue weighted by Crippen LogP contribution is -1.96. The van der Waals surface area contributed by atoms with Crippen molar-refractivity contribution in [3.8, 4) is 11.9 Å². The van der Waals surface area contributed by atoms with Gasteiger partial charge in [0, 0.05) is 12.3 Å². The monoisotopic (exact) mass is 256 g/mol. The maximum absolute atomic E-state index is 5.59. The lowest BCUT2D eigenvalue weighted by atomic mass is 10.3. The van der Waals surface area contributed by atoms with Gasteiger partial charge in [-0.1, -0.05) is 6.07 Å². The van der Waals surface area contributed by atoms with Crippen LogP contribution in [0.25, 0.3) is 0 Å². The second-order valence-electron chi connectivity index (χ2n) is 2.93. The minimum Gasteiger partial charge on any atom is -0.405 e. The Morgan fingerprint density at radius 1 is 1.06 bits per heavy atom. The predicted octanol–water partition coefficient (Wildman–Crippen LogP) is 2.67. The fourth-order valence-electron chi connectivity index (χ4n) is 0.963. The van der Waals surface area contributed by atoms with E-state index in [4.69, 9.17) is 27.9 Å². The van der Waals surface area contributed by atoms with E-state index in [-0.39, 0.29) is 16.6 Å². The third kappa shape index (κ3) is 2.77. The van der Waals surface area contributed by atoms with E-state index in [9.17, 15) is 0 Å². The molecule has 0 saturated heterocycles. The molecule has 0 unspecified atom stereocenters. The Morgan fingerprint density at radius 2 is 1.75 bits per heavy atom. The van der Waals surface area contributed by atoms with Gasteiger partial charge in [0.05, 0.1) is 0 Å². The van der Waals surface area contributed by atoms with Gasteiger partial charge in [0.1, 0.15) is 0 Å². The molecule has 0 aromatic carbocycles. The zero-order valence-corrected chi connectivity index (χ0v) is 9.70. The number of hydrogen-bond acceptors (Lipinski definition) is 5. The first-order valence-electron chi connectivity index (χ1n) is 4.31. The number of aromatic nitrogens is 4. The van der Waals surface area contributed by atoms with Gasteiger partial charge < -0.3 is 4.74 Å². The first kappa shape index (κ1) is 11.0. The predicted molar refractivity (Wildman–Crippen MR) is 58.9 cm³/mol. The van der Waals surface area contributed by atoms with Crippen LogP contribution in [0.1, 0.15) is 5.56 Å². The van der Waals surface area contributed by atoms with E-state index in [0.717, 1.165) is 5.56 Å². The summed E-state index contributed by atoms with van der Waals surface area (Å²) < 4.78 is 5.25. The molecule has 2 heterocycles. The van der Waals surface area contributed by atoms with Gasteiger partial charge in [0.2, 0.25) is 16.4 Å². The van der Waals surface area contributed by atoms with Crippen molar-refractivity contribution in [3.63, 3.8) is 0 Å². The van der Waals surface area contributed by atoms with Crippen molar-refractivity contribution >= 4 is 23.2 Å². The van der Waals surface area contributed by atoms with Gasteiger partial charge in [-0.25, -0.2) is 4.98 Å². The van der Waals surface area contributed by atoms with Gasteiger partial charge >= 0.3 is 6.01 Å². The average molecular weight is 257 g/mol. The Labute approximate surface area is 101 Å². The number of hydrogen-bond donors (Lipinski definition) is 0. The van der Waals surface area contributed by atoms with Crippen molar-refractivity contribution < 1.29 is 4.74 Å². The lowest BCUT2D eigenvalue weighted by molar-refractivity contribution is 0.423. The van der Waals surface area contributed by atoms with Crippen molar-refractivity contribution in [2.45, 2.75) is 6.92 Å². The molecule has 0 aliphatic heterocycles. The van der Waals surface area contributed by atoms with Crippen LogP contribution in [0.5, 0.6) is 11.9 Å². The van der Waals surface area contributed by atoms with Gasteiger partial charge in [0.25, 0.3) is 0 Å². The maximum Gasteiger partial charge on any atom is 0.328 e. The molecule has 0 aliphatic rings. The molecule has 0 amide bonds. The average Bonchev–Trinajstić information content (AvgIpc) is 2.20. The first-order chi connectivity index (χ1) is 7.63. The van der Waals surface area contributed by atoms with Gasteiger partial charge in [0.15, 0.2) is 0 Å². The summed E-state index contributed by atoms with van der Waals surface area (Å²) in [6.45, 7) is 1.92. The zero-order valence-electron chi connectivity index (χ0n) is 8.19. The molecule has 2 aromatic heterocycles. The molecule has 7 heteroatoms. The van der Waals surface area contributed by atoms with Gasteiger partial charge in [-0.2, -0.15) is 15.0 Å². The third-order valence-electron chi connectivity index (χ3n) is 1.64. The summed E-state index contributed by atoms with van der Waals surface area (Å²) in [5.41, 5.74) is 1.03. The van der Waals surface area contributed by atoms with E-state index in [1.165, 1.54) is 0 Å². The topological polar surface area (TPSA) is 60.8 Å². The molecule has 0 saturated carbocycles. The molecule has 82 valence electrons. The molecule has 0 radical (unpaired) electrons. The van der Waals surface area contributed by atoms with Crippen LogP contribution in [0.3, 0.4) is 0 Å². The third-order valence-corrected chi connectivity index (χ3v) is 1.98. The van der Waals surface area contributed by atoms with Gasteiger partial charge in [-0.3, -0.25) is 0 Å². The molecule has 0 N–H and O–H groups in total. The smallest absolute Gasteiger partial charge is 0.328 e. The van der Waals surface area contributed by atoms with Crippen LogP contribution in [0.15, 0.2) is 18.3 Å². The molecule has 2 aromatic rings. The Morgan fingerprint density at radius 3 is 2.31 bits per heavy atom. The standard InChI is InChI=1S/C9H6Cl2N4O/c1-5-2-3-6(12-4-5)16-9-14-7(10)13-8(11)15-9/h2-4H,1H3. The summed E-state index contributed by atoms with van der Waals surface area (Å²) >= 11 is 11.2. The van der Waals surface area contributed by atoms with E-state index >= 15 is 0 Å².